The van der Waals surface area contributed by atoms with Crippen molar-refractivity contribution in [1.29, 1.82) is 0 Å². The second kappa shape index (κ2) is 6.88. The van der Waals surface area contributed by atoms with E-state index in [4.69, 9.17) is 4.74 Å². The largest absolute Gasteiger partial charge is 0.497 e. The summed E-state index contributed by atoms with van der Waals surface area (Å²) in [7, 11) is 4.08. The van der Waals surface area contributed by atoms with Crippen LogP contribution in [-0.4, -0.2) is 32.1 Å². The van der Waals surface area contributed by atoms with Gasteiger partial charge in [-0.2, -0.15) is 0 Å². The number of hydrogen-bond donors (Lipinski definition) is 0. The molecule has 2 heteroatoms. The van der Waals surface area contributed by atoms with Gasteiger partial charge >= 0.3 is 0 Å². The number of hydrogen-bond acceptors (Lipinski definition) is 2. The predicted octanol–water partition coefficient (Wildman–Crippen LogP) is 3.15. The van der Waals surface area contributed by atoms with E-state index in [1.807, 2.05) is 14.1 Å². The lowest BCUT2D eigenvalue weighted by atomic mass is 9.88. The normalized spacial score (nSPS) is 11.0. The van der Waals surface area contributed by atoms with Crippen molar-refractivity contribution in [2.75, 3.05) is 27.2 Å². The molecule has 0 aliphatic carbocycles. The summed E-state index contributed by atoms with van der Waals surface area (Å²) >= 11 is 0. The van der Waals surface area contributed by atoms with Gasteiger partial charge in [-0.3, -0.25) is 0 Å². The first-order valence-corrected chi connectivity index (χ1v) is 4.87. The van der Waals surface area contributed by atoms with Crippen LogP contribution in [0.15, 0.2) is 12.3 Å². The molecular formula is C12H27NO. The van der Waals surface area contributed by atoms with Gasteiger partial charge in [0.05, 0.1) is 5.76 Å². The van der Waals surface area contributed by atoms with Crippen molar-refractivity contribution in [3.63, 3.8) is 0 Å². The topological polar surface area (TPSA) is 12.5 Å². The first kappa shape index (κ1) is 15.9. The van der Waals surface area contributed by atoms with Gasteiger partial charge in [-0.15, -0.1) is 0 Å². The van der Waals surface area contributed by atoms with Crippen molar-refractivity contribution < 1.29 is 4.74 Å². The summed E-state index contributed by atoms with van der Waals surface area (Å²) < 4.78 is 5.57. The zero-order valence-electron chi connectivity index (χ0n) is 9.68. The van der Waals surface area contributed by atoms with E-state index in [0.717, 1.165) is 25.3 Å². The Morgan fingerprint density at radius 2 is 1.86 bits per heavy atom. The molecule has 2 nitrogen and oxygen atoms in total. The highest BCUT2D eigenvalue weighted by molar-refractivity contribution is 4.97. The quantitative estimate of drug-likeness (QED) is 0.612. The third-order valence-corrected chi connectivity index (χ3v) is 2.45. The summed E-state index contributed by atoms with van der Waals surface area (Å²) in [5.74, 6) is 0.900. The number of allylic oxidation sites excluding steroid dienone is 1. The van der Waals surface area contributed by atoms with Crippen molar-refractivity contribution in [3.8, 4) is 0 Å². The Hall–Kier alpha value is -0.500. The van der Waals surface area contributed by atoms with Crippen molar-refractivity contribution in [1.82, 2.24) is 4.90 Å². The van der Waals surface area contributed by atoms with Crippen molar-refractivity contribution in [3.05, 3.63) is 12.3 Å². The Bertz CT molecular complexity index is 162. The molecule has 0 spiro atoms. The molecule has 0 heterocycles. The van der Waals surface area contributed by atoms with Crippen molar-refractivity contribution in [2.45, 2.75) is 34.6 Å². The number of ether oxygens (including phenoxy) is 1. The van der Waals surface area contributed by atoms with E-state index in [-0.39, 0.29) is 12.8 Å². The fourth-order valence-electron chi connectivity index (χ4n) is 0.744. The molecule has 0 fully saturated rings. The maximum Gasteiger partial charge on any atom is 0.100 e. The Labute approximate surface area is 89.9 Å². The highest BCUT2D eigenvalue weighted by atomic mass is 16.5. The minimum Gasteiger partial charge on any atom is -0.497 e. The van der Waals surface area contributed by atoms with Crippen LogP contribution in [0, 0.1) is 5.41 Å². The standard InChI is InChI=1S/C11H23NO.CH4/c1-7-11(3,4)10(2)13-9-8-12(5)6;/h2,7-9H2,1,3-6H3;1H4. The summed E-state index contributed by atoms with van der Waals surface area (Å²) in [6.07, 6.45) is 1.06. The summed E-state index contributed by atoms with van der Waals surface area (Å²) in [5, 5.41) is 0. The maximum atomic E-state index is 5.57. The summed E-state index contributed by atoms with van der Waals surface area (Å²) in [4.78, 5) is 2.10. The van der Waals surface area contributed by atoms with Gasteiger partial charge in [-0.1, -0.05) is 34.8 Å². The molecule has 14 heavy (non-hydrogen) atoms. The van der Waals surface area contributed by atoms with E-state index < -0.39 is 0 Å². The minimum absolute atomic E-state index is 0. The molecule has 0 N–H and O–H groups in total. The van der Waals surface area contributed by atoms with E-state index in [1.54, 1.807) is 0 Å². The zero-order chi connectivity index (χ0) is 10.5. The van der Waals surface area contributed by atoms with Gasteiger partial charge in [0.15, 0.2) is 0 Å². The van der Waals surface area contributed by atoms with E-state index in [1.165, 1.54) is 0 Å². The minimum atomic E-state index is 0. The lowest BCUT2D eigenvalue weighted by Crippen LogP contribution is -2.21. The van der Waals surface area contributed by atoms with Gasteiger partial charge < -0.3 is 9.64 Å². The van der Waals surface area contributed by atoms with Gasteiger partial charge in [0, 0.05) is 12.0 Å². The van der Waals surface area contributed by atoms with Crippen LogP contribution in [-0.2, 0) is 4.74 Å². The van der Waals surface area contributed by atoms with Crippen LogP contribution in [0.4, 0.5) is 0 Å². The first-order valence-electron chi connectivity index (χ1n) is 4.87. The predicted molar refractivity (Wildman–Crippen MR) is 64.4 cm³/mol. The number of rotatable bonds is 6. The molecule has 0 rings (SSSR count). The second-order valence-electron chi connectivity index (χ2n) is 4.31. The van der Waals surface area contributed by atoms with Gasteiger partial charge in [-0.05, 0) is 20.5 Å². The monoisotopic (exact) mass is 201 g/mol. The van der Waals surface area contributed by atoms with Gasteiger partial charge in [0.25, 0.3) is 0 Å². The highest BCUT2D eigenvalue weighted by Gasteiger charge is 2.20. The molecule has 0 atom stereocenters. The van der Waals surface area contributed by atoms with Crippen LogP contribution in [0.3, 0.4) is 0 Å². The molecule has 0 amide bonds. The van der Waals surface area contributed by atoms with Gasteiger partial charge in [-0.25, -0.2) is 0 Å². The molecule has 0 unspecified atom stereocenters. The molecular weight excluding hydrogens is 174 g/mol. The highest BCUT2D eigenvalue weighted by Crippen LogP contribution is 2.28. The van der Waals surface area contributed by atoms with E-state index in [9.17, 15) is 0 Å². The van der Waals surface area contributed by atoms with Crippen LogP contribution in [0.1, 0.15) is 34.6 Å². The summed E-state index contributed by atoms with van der Waals surface area (Å²) in [6.45, 7) is 12.1. The van der Waals surface area contributed by atoms with E-state index in [2.05, 4.69) is 32.3 Å². The molecule has 0 aromatic carbocycles. The molecule has 0 aliphatic heterocycles. The zero-order valence-corrected chi connectivity index (χ0v) is 9.68. The Balaban J connectivity index is 0. The average Bonchev–Trinajstić information content (AvgIpc) is 2.03. The van der Waals surface area contributed by atoms with Crippen LogP contribution < -0.4 is 0 Å². The Morgan fingerprint density at radius 3 is 2.21 bits per heavy atom. The van der Waals surface area contributed by atoms with Crippen molar-refractivity contribution in [2.24, 2.45) is 5.41 Å². The summed E-state index contributed by atoms with van der Waals surface area (Å²) in [5.41, 5.74) is 0.103. The molecule has 0 saturated carbocycles. The van der Waals surface area contributed by atoms with E-state index in [0.29, 0.717) is 0 Å². The molecule has 0 aromatic rings. The molecule has 0 saturated heterocycles. The maximum absolute atomic E-state index is 5.57. The van der Waals surface area contributed by atoms with Gasteiger partial charge in [0.2, 0.25) is 0 Å². The molecule has 0 radical (unpaired) electrons. The average molecular weight is 201 g/mol. The number of likely N-dealkylation sites (N-methyl/N-ethyl adjacent to an activating group) is 1. The fourth-order valence-corrected chi connectivity index (χ4v) is 0.744. The van der Waals surface area contributed by atoms with Crippen LogP contribution in [0.2, 0.25) is 0 Å². The second-order valence-corrected chi connectivity index (χ2v) is 4.31. The Morgan fingerprint density at radius 1 is 1.36 bits per heavy atom. The Kier molecular flexibility index (Phi) is 7.84. The van der Waals surface area contributed by atoms with Crippen LogP contribution in [0.25, 0.3) is 0 Å². The number of nitrogens with zero attached hydrogens (tertiary/aromatic N) is 1. The summed E-state index contributed by atoms with van der Waals surface area (Å²) in [6, 6.07) is 0. The smallest absolute Gasteiger partial charge is 0.100 e. The molecule has 0 aliphatic rings. The molecule has 0 aromatic heterocycles. The third kappa shape index (κ3) is 6.03. The fraction of sp³-hybridized carbons (Fsp3) is 0.833. The first-order chi connectivity index (χ1) is 5.90. The lowest BCUT2D eigenvalue weighted by Gasteiger charge is -2.26. The van der Waals surface area contributed by atoms with Crippen molar-refractivity contribution >= 4 is 0 Å². The SMILES string of the molecule is C.C=C(OCCN(C)C)C(C)(C)CC. The lowest BCUT2D eigenvalue weighted by molar-refractivity contribution is 0.127. The molecule has 0 bridgehead atoms. The van der Waals surface area contributed by atoms with Gasteiger partial charge in [0.1, 0.15) is 6.61 Å². The van der Waals surface area contributed by atoms with Crippen LogP contribution >= 0.6 is 0 Å². The third-order valence-electron chi connectivity index (χ3n) is 2.45. The molecule has 86 valence electrons. The van der Waals surface area contributed by atoms with Crippen LogP contribution in [0.5, 0.6) is 0 Å². The van der Waals surface area contributed by atoms with E-state index >= 15 is 0 Å².